The average Bonchev–Trinajstić information content (AvgIpc) is 2.57. The Bertz CT molecular complexity index is 132. The van der Waals surface area contributed by atoms with Crippen LogP contribution in [0.3, 0.4) is 0 Å². The van der Waals surface area contributed by atoms with Crippen LogP contribution >= 0.6 is 11.8 Å². The van der Waals surface area contributed by atoms with Gasteiger partial charge in [0.25, 0.3) is 0 Å². The molecule has 0 saturated carbocycles. The quantitative estimate of drug-likeness (QED) is 0.488. The SMILES string of the molecule is CCCCCN=NN1CCSC1. The molecule has 0 aliphatic carbocycles. The van der Waals surface area contributed by atoms with Crippen molar-refractivity contribution in [3.05, 3.63) is 0 Å². The molecule has 1 fully saturated rings. The highest BCUT2D eigenvalue weighted by atomic mass is 32.2. The molecule has 0 amide bonds. The van der Waals surface area contributed by atoms with Gasteiger partial charge in [-0.15, -0.1) is 11.8 Å². The van der Waals surface area contributed by atoms with E-state index in [4.69, 9.17) is 0 Å². The molecule has 0 aromatic carbocycles. The van der Waals surface area contributed by atoms with E-state index in [2.05, 4.69) is 17.3 Å². The molecule has 0 N–H and O–H groups in total. The smallest absolute Gasteiger partial charge is 0.0832 e. The van der Waals surface area contributed by atoms with E-state index in [0.29, 0.717) is 0 Å². The van der Waals surface area contributed by atoms with Gasteiger partial charge in [-0.05, 0) is 6.42 Å². The lowest BCUT2D eigenvalue weighted by Crippen LogP contribution is -2.10. The van der Waals surface area contributed by atoms with E-state index in [-0.39, 0.29) is 0 Å². The molecular weight excluding hydrogens is 170 g/mol. The third-order valence-corrected chi connectivity index (χ3v) is 2.74. The van der Waals surface area contributed by atoms with Crippen LogP contribution in [0.15, 0.2) is 10.3 Å². The van der Waals surface area contributed by atoms with Crippen molar-refractivity contribution >= 4 is 11.8 Å². The Balaban J connectivity index is 1.97. The second-order valence-corrected chi connectivity index (χ2v) is 4.00. The summed E-state index contributed by atoms with van der Waals surface area (Å²) in [6, 6.07) is 0. The first kappa shape index (κ1) is 9.84. The Morgan fingerprint density at radius 1 is 1.42 bits per heavy atom. The number of unbranched alkanes of at least 4 members (excludes halogenated alkanes) is 2. The van der Waals surface area contributed by atoms with Gasteiger partial charge < -0.3 is 0 Å². The lowest BCUT2D eigenvalue weighted by Gasteiger charge is -2.05. The van der Waals surface area contributed by atoms with Crippen molar-refractivity contribution in [2.75, 3.05) is 24.7 Å². The maximum Gasteiger partial charge on any atom is 0.0832 e. The molecular formula is C8H17N3S. The minimum Gasteiger partial charge on any atom is -0.268 e. The Hall–Kier alpha value is -0.250. The highest BCUT2D eigenvalue weighted by molar-refractivity contribution is 7.99. The maximum atomic E-state index is 4.13. The van der Waals surface area contributed by atoms with Gasteiger partial charge in [0.1, 0.15) is 0 Å². The lowest BCUT2D eigenvalue weighted by atomic mass is 10.3. The monoisotopic (exact) mass is 187 g/mol. The second kappa shape index (κ2) is 6.29. The zero-order chi connectivity index (χ0) is 8.65. The van der Waals surface area contributed by atoms with Gasteiger partial charge in [0.15, 0.2) is 0 Å². The number of nitrogens with zero attached hydrogens (tertiary/aromatic N) is 3. The van der Waals surface area contributed by atoms with Gasteiger partial charge in [-0.2, -0.15) is 5.11 Å². The zero-order valence-electron chi connectivity index (χ0n) is 7.70. The molecule has 1 saturated heterocycles. The average molecular weight is 187 g/mol. The maximum absolute atomic E-state index is 4.13. The normalized spacial score (nSPS) is 17.9. The highest BCUT2D eigenvalue weighted by Crippen LogP contribution is 2.13. The molecule has 1 aliphatic heterocycles. The van der Waals surface area contributed by atoms with Crippen LogP contribution in [0.5, 0.6) is 0 Å². The van der Waals surface area contributed by atoms with E-state index >= 15 is 0 Å². The van der Waals surface area contributed by atoms with Crippen LogP contribution in [0, 0.1) is 0 Å². The van der Waals surface area contributed by atoms with Crippen LogP contribution in [0.4, 0.5) is 0 Å². The summed E-state index contributed by atoms with van der Waals surface area (Å²) in [5.74, 6) is 2.23. The van der Waals surface area contributed by atoms with Crippen molar-refractivity contribution in [1.82, 2.24) is 5.01 Å². The van der Waals surface area contributed by atoms with Crippen molar-refractivity contribution in [3.8, 4) is 0 Å². The van der Waals surface area contributed by atoms with Crippen molar-refractivity contribution < 1.29 is 0 Å². The molecule has 0 unspecified atom stereocenters. The van der Waals surface area contributed by atoms with Gasteiger partial charge in [0.2, 0.25) is 0 Å². The summed E-state index contributed by atoms with van der Waals surface area (Å²) in [5, 5.41) is 10.3. The minimum atomic E-state index is 0.898. The summed E-state index contributed by atoms with van der Waals surface area (Å²) in [7, 11) is 0. The standard InChI is InChI=1S/C8H17N3S/c1-2-3-4-5-9-10-11-6-7-12-8-11/h2-8H2,1H3. The summed E-state index contributed by atoms with van der Waals surface area (Å²) in [4.78, 5) is 0. The largest absolute Gasteiger partial charge is 0.268 e. The van der Waals surface area contributed by atoms with Gasteiger partial charge >= 0.3 is 0 Å². The van der Waals surface area contributed by atoms with Gasteiger partial charge in [0.05, 0.1) is 12.4 Å². The molecule has 0 aromatic rings. The fourth-order valence-corrected chi connectivity index (χ4v) is 1.90. The fourth-order valence-electron chi connectivity index (χ4n) is 1.04. The van der Waals surface area contributed by atoms with Crippen LogP contribution in [-0.4, -0.2) is 29.7 Å². The van der Waals surface area contributed by atoms with Crippen LogP contribution in [-0.2, 0) is 0 Å². The van der Waals surface area contributed by atoms with Crippen molar-refractivity contribution in [2.45, 2.75) is 26.2 Å². The Labute approximate surface area is 78.6 Å². The predicted octanol–water partition coefficient (Wildman–Crippen LogP) is 2.55. The van der Waals surface area contributed by atoms with Gasteiger partial charge in [-0.1, -0.05) is 25.0 Å². The van der Waals surface area contributed by atoms with E-state index in [1.54, 1.807) is 0 Å². The van der Waals surface area contributed by atoms with Crippen LogP contribution in [0.2, 0.25) is 0 Å². The topological polar surface area (TPSA) is 28.0 Å². The van der Waals surface area contributed by atoms with Gasteiger partial charge in [0, 0.05) is 12.3 Å². The van der Waals surface area contributed by atoms with E-state index in [1.165, 1.54) is 25.0 Å². The molecule has 0 aromatic heterocycles. The molecule has 1 rings (SSSR count). The number of hydrogen-bond donors (Lipinski definition) is 0. The zero-order valence-corrected chi connectivity index (χ0v) is 8.52. The summed E-state index contributed by atoms with van der Waals surface area (Å²) in [6.45, 7) is 4.17. The summed E-state index contributed by atoms with van der Waals surface area (Å²) < 4.78 is 0. The Kier molecular flexibility index (Phi) is 5.15. The third-order valence-electron chi connectivity index (χ3n) is 1.79. The third kappa shape index (κ3) is 3.95. The fraction of sp³-hybridized carbons (Fsp3) is 1.00. The molecule has 1 heterocycles. The van der Waals surface area contributed by atoms with E-state index in [0.717, 1.165) is 19.0 Å². The Morgan fingerprint density at radius 3 is 3.00 bits per heavy atom. The van der Waals surface area contributed by atoms with Crippen LogP contribution in [0.1, 0.15) is 26.2 Å². The lowest BCUT2D eigenvalue weighted by molar-refractivity contribution is 0.346. The van der Waals surface area contributed by atoms with Crippen molar-refractivity contribution in [1.29, 1.82) is 0 Å². The van der Waals surface area contributed by atoms with E-state index < -0.39 is 0 Å². The first-order valence-corrected chi connectivity index (χ1v) is 5.79. The molecule has 4 heteroatoms. The van der Waals surface area contributed by atoms with Gasteiger partial charge in [-0.25, -0.2) is 0 Å². The second-order valence-electron chi connectivity index (χ2n) is 2.93. The summed E-state index contributed by atoms with van der Waals surface area (Å²) in [6.07, 6.45) is 3.71. The first-order chi connectivity index (χ1) is 5.93. The number of hydrogen-bond acceptors (Lipinski definition) is 3. The number of rotatable bonds is 5. The minimum absolute atomic E-state index is 0.898. The molecule has 0 bridgehead atoms. The van der Waals surface area contributed by atoms with Crippen molar-refractivity contribution in [3.63, 3.8) is 0 Å². The van der Waals surface area contributed by atoms with Crippen LogP contribution in [0.25, 0.3) is 0 Å². The summed E-state index contributed by atoms with van der Waals surface area (Å²) >= 11 is 1.92. The van der Waals surface area contributed by atoms with Gasteiger partial charge in [-0.3, -0.25) is 5.01 Å². The molecule has 0 spiro atoms. The molecule has 0 radical (unpaired) electrons. The molecule has 1 aliphatic rings. The predicted molar refractivity (Wildman–Crippen MR) is 53.3 cm³/mol. The highest BCUT2D eigenvalue weighted by Gasteiger charge is 2.08. The molecule has 0 atom stereocenters. The summed E-state index contributed by atoms with van der Waals surface area (Å²) in [5.41, 5.74) is 0. The first-order valence-electron chi connectivity index (χ1n) is 4.63. The molecule has 12 heavy (non-hydrogen) atoms. The molecule has 70 valence electrons. The van der Waals surface area contributed by atoms with E-state index in [9.17, 15) is 0 Å². The molecule has 3 nitrogen and oxygen atoms in total. The van der Waals surface area contributed by atoms with E-state index in [1.807, 2.05) is 16.8 Å². The Morgan fingerprint density at radius 2 is 2.33 bits per heavy atom. The van der Waals surface area contributed by atoms with Crippen LogP contribution < -0.4 is 0 Å². The van der Waals surface area contributed by atoms with Crippen molar-refractivity contribution in [2.24, 2.45) is 10.3 Å². The number of thioether (sulfide) groups is 1.